The molecule has 2 amide bonds. The largest absolute Gasteiger partial charge is 0.478 e. The van der Waals surface area contributed by atoms with Crippen LogP contribution in [0.1, 0.15) is 70.9 Å². The van der Waals surface area contributed by atoms with E-state index in [1.165, 1.54) is 30.3 Å². The molecule has 1 heterocycles. The molecule has 0 saturated heterocycles. The molecule has 0 saturated carbocycles. The summed E-state index contributed by atoms with van der Waals surface area (Å²) in [5, 5.41) is 23.3. The predicted octanol–water partition coefficient (Wildman–Crippen LogP) is 3.89. The fourth-order valence-corrected chi connectivity index (χ4v) is 4.56. The lowest BCUT2D eigenvalue weighted by atomic mass is 9.86. The number of hydrogen-bond acceptors (Lipinski definition) is 9. The van der Waals surface area contributed by atoms with Crippen LogP contribution >= 0.6 is 0 Å². The van der Waals surface area contributed by atoms with E-state index < -0.39 is 44.9 Å². The number of amidine groups is 1. The minimum Gasteiger partial charge on any atom is -0.478 e. The maximum atomic E-state index is 13.6. The summed E-state index contributed by atoms with van der Waals surface area (Å²) < 4.78 is 33.8. The number of anilines is 1. The number of carboxylic acid groups (broad SMARTS) is 1. The van der Waals surface area contributed by atoms with Gasteiger partial charge in [0.15, 0.2) is 0 Å². The highest BCUT2D eigenvalue weighted by Gasteiger charge is 2.31. The second kappa shape index (κ2) is 14.3. The Morgan fingerprint density at radius 3 is 2.24 bits per heavy atom. The van der Waals surface area contributed by atoms with E-state index in [4.69, 9.17) is 20.1 Å². The molecule has 240 valence electrons. The molecule has 3 rings (SSSR count). The van der Waals surface area contributed by atoms with E-state index in [1.54, 1.807) is 45.0 Å². The number of nitrogens with zero attached hydrogens (tertiary/aromatic N) is 1. The molecule has 0 aliphatic heterocycles. The van der Waals surface area contributed by atoms with Crippen LogP contribution < -0.4 is 21.1 Å². The van der Waals surface area contributed by atoms with E-state index in [0.717, 1.165) is 6.26 Å². The summed E-state index contributed by atoms with van der Waals surface area (Å²) in [6.45, 7) is 7.17. The molecular weight excluding hydrogens is 602 g/mol. The van der Waals surface area contributed by atoms with Crippen LogP contribution in [0.25, 0.3) is 11.1 Å². The summed E-state index contributed by atoms with van der Waals surface area (Å²) in [6.07, 6.45) is 1.57. The smallest absolute Gasteiger partial charge is 0.337 e. The number of amides is 2. The first-order chi connectivity index (χ1) is 21.0. The number of rotatable bonds is 13. The molecule has 1 aromatic heterocycles. The molecule has 3 aromatic rings. The lowest BCUT2D eigenvalue weighted by Gasteiger charge is -2.31. The zero-order valence-electron chi connectivity index (χ0n) is 25.6. The van der Waals surface area contributed by atoms with Crippen LogP contribution in [0.3, 0.4) is 0 Å². The van der Waals surface area contributed by atoms with E-state index in [-0.39, 0.29) is 40.7 Å². The number of carbonyl (C=O) groups excluding carboxylic acids is 2. The molecule has 0 bridgehead atoms. The van der Waals surface area contributed by atoms with Gasteiger partial charge in [0.05, 0.1) is 36.6 Å². The molecule has 0 aliphatic carbocycles. The van der Waals surface area contributed by atoms with Crippen molar-refractivity contribution in [3.63, 3.8) is 0 Å². The van der Waals surface area contributed by atoms with Crippen LogP contribution in [-0.2, 0) is 14.3 Å². The molecule has 0 radical (unpaired) electrons. The lowest BCUT2D eigenvalue weighted by molar-refractivity contribution is 0.0689. The first kappa shape index (κ1) is 34.7. The van der Waals surface area contributed by atoms with Crippen molar-refractivity contribution in [3.8, 4) is 17.0 Å². The SMILES string of the molecule is CCCOc1ccc(-c2cccc(C(=O)N[C@H](COS(C)(=O)=O)C(C)(C)C)c2C(=O)O)c(C(=O)Nc2ccc(C(=N)N)cc2)n1. The number of hydrogen-bond donors (Lipinski definition) is 5. The molecular formula is C31H37N5O8S. The van der Waals surface area contributed by atoms with Crippen molar-refractivity contribution in [2.75, 3.05) is 24.8 Å². The van der Waals surface area contributed by atoms with Gasteiger partial charge in [-0.1, -0.05) is 39.8 Å². The summed E-state index contributed by atoms with van der Waals surface area (Å²) in [4.78, 5) is 44.1. The molecule has 0 aliphatic rings. The second-order valence-corrected chi connectivity index (χ2v) is 12.9. The molecule has 2 aromatic carbocycles. The topological polar surface area (TPSA) is 211 Å². The Labute approximate surface area is 261 Å². The summed E-state index contributed by atoms with van der Waals surface area (Å²) in [6, 6.07) is 12.7. The van der Waals surface area contributed by atoms with Gasteiger partial charge in [-0.2, -0.15) is 8.42 Å². The van der Waals surface area contributed by atoms with Gasteiger partial charge in [0.2, 0.25) is 5.88 Å². The number of pyridine rings is 1. The number of nitrogens with one attached hydrogen (secondary N) is 3. The van der Waals surface area contributed by atoms with Crippen molar-refractivity contribution < 1.29 is 36.8 Å². The molecule has 13 nitrogen and oxygen atoms in total. The number of nitrogens with two attached hydrogens (primary N) is 1. The second-order valence-electron chi connectivity index (χ2n) is 11.3. The summed E-state index contributed by atoms with van der Waals surface area (Å²) in [5.41, 5.74) is 5.08. The van der Waals surface area contributed by atoms with Crippen molar-refractivity contribution in [1.82, 2.24) is 10.3 Å². The van der Waals surface area contributed by atoms with Crippen LogP contribution in [0, 0.1) is 10.8 Å². The van der Waals surface area contributed by atoms with Gasteiger partial charge in [0, 0.05) is 22.9 Å². The van der Waals surface area contributed by atoms with E-state index in [0.29, 0.717) is 24.3 Å². The Kier molecular flexibility index (Phi) is 11.0. The van der Waals surface area contributed by atoms with Crippen molar-refractivity contribution in [2.45, 2.75) is 40.2 Å². The first-order valence-corrected chi connectivity index (χ1v) is 15.7. The van der Waals surface area contributed by atoms with Gasteiger partial charge in [0.25, 0.3) is 21.9 Å². The van der Waals surface area contributed by atoms with Crippen molar-refractivity contribution >= 4 is 39.4 Å². The van der Waals surface area contributed by atoms with E-state index in [1.807, 2.05) is 6.92 Å². The number of benzene rings is 2. The number of carbonyl (C=O) groups is 3. The number of ether oxygens (including phenoxy) is 1. The third kappa shape index (κ3) is 9.33. The zero-order valence-corrected chi connectivity index (χ0v) is 26.4. The Hall–Kier alpha value is -4.82. The Balaban J connectivity index is 2.10. The third-order valence-electron chi connectivity index (χ3n) is 6.61. The Morgan fingerprint density at radius 1 is 1.02 bits per heavy atom. The standard InChI is InChI=1S/C31H37N5O8S/c1-6-16-43-24-15-14-21(26(36-24)29(38)34-19-12-10-18(11-13-19)27(32)33)20-8-7-9-22(25(20)30(39)40)28(37)35-23(31(2,3)4)17-44-45(5,41)42/h7-15,23H,6,16-17H2,1-5H3,(H3,32,33)(H,34,38)(H,35,37)(H,39,40)/t23-/m1/s1. The van der Waals surface area contributed by atoms with Crippen molar-refractivity contribution in [3.05, 3.63) is 77.0 Å². The van der Waals surface area contributed by atoms with E-state index in [9.17, 15) is 27.9 Å². The van der Waals surface area contributed by atoms with Crippen LogP contribution in [0.15, 0.2) is 54.6 Å². The minimum absolute atomic E-state index is 0.0430. The van der Waals surface area contributed by atoms with E-state index in [2.05, 4.69) is 15.6 Å². The monoisotopic (exact) mass is 639 g/mol. The van der Waals surface area contributed by atoms with Gasteiger partial charge in [-0.15, -0.1) is 0 Å². The van der Waals surface area contributed by atoms with Gasteiger partial charge in [0.1, 0.15) is 11.5 Å². The van der Waals surface area contributed by atoms with Crippen molar-refractivity contribution in [1.29, 1.82) is 5.41 Å². The summed E-state index contributed by atoms with van der Waals surface area (Å²) >= 11 is 0. The average molecular weight is 640 g/mol. The van der Waals surface area contributed by atoms with Crippen molar-refractivity contribution in [2.24, 2.45) is 11.1 Å². The van der Waals surface area contributed by atoms with Crippen LogP contribution in [-0.4, -0.2) is 67.6 Å². The van der Waals surface area contributed by atoms with Gasteiger partial charge >= 0.3 is 5.97 Å². The van der Waals surface area contributed by atoms with Gasteiger partial charge in [-0.05, 0) is 53.8 Å². The minimum atomic E-state index is -3.81. The van der Waals surface area contributed by atoms with Crippen LogP contribution in [0.2, 0.25) is 0 Å². The molecule has 1 atom stereocenters. The maximum absolute atomic E-state index is 13.6. The molecule has 0 unspecified atom stereocenters. The zero-order chi connectivity index (χ0) is 33.5. The fraction of sp³-hybridized carbons (Fsp3) is 0.323. The first-order valence-electron chi connectivity index (χ1n) is 13.9. The molecule has 45 heavy (non-hydrogen) atoms. The van der Waals surface area contributed by atoms with Gasteiger partial charge in [-0.3, -0.25) is 19.2 Å². The van der Waals surface area contributed by atoms with Gasteiger partial charge < -0.3 is 26.2 Å². The molecule has 0 fully saturated rings. The molecule has 14 heteroatoms. The normalized spacial score (nSPS) is 12.2. The number of nitrogen functional groups attached to an aromatic ring is 1. The van der Waals surface area contributed by atoms with E-state index >= 15 is 0 Å². The average Bonchev–Trinajstić information content (AvgIpc) is 2.96. The summed E-state index contributed by atoms with van der Waals surface area (Å²) in [7, 11) is -3.81. The fourth-order valence-electron chi connectivity index (χ4n) is 4.17. The van der Waals surface area contributed by atoms with Gasteiger partial charge in [-0.25, -0.2) is 9.78 Å². The number of aromatic carboxylic acids is 1. The maximum Gasteiger partial charge on any atom is 0.337 e. The Morgan fingerprint density at radius 2 is 1.69 bits per heavy atom. The van der Waals surface area contributed by atoms with Crippen LogP contribution in [0.5, 0.6) is 5.88 Å². The lowest BCUT2D eigenvalue weighted by Crippen LogP contribution is -2.47. The van der Waals surface area contributed by atoms with Crippen LogP contribution in [0.4, 0.5) is 5.69 Å². The summed E-state index contributed by atoms with van der Waals surface area (Å²) in [5.74, 6) is -2.90. The quantitative estimate of drug-likeness (QED) is 0.103. The third-order valence-corrected chi connectivity index (χ3v) is 7.17. The highest BCUT2D eigenvalue weighted by Crippen LogP contribution is 2.31. The Bertz CT molecular complexity index is 1700. The molecule has 6 N–H and O–H groups in total. The highest BCUT2D eigenvalue weighted by atomic mass is 32.2. The highest BCUT2D eigenvalue weighted by molar-refractivity contribution is 7.85. The number of carboxylic acids is 1. The number of aromatic nitrogens is 1. The predicted molar refractivity (Wildman–Crippen MR) is 169 cm³/mol. The molecule has 0 spiro atoms.